The summed E-state index contributed by atoms with van der Waals surface area (Å²) in [7, 11) is -1.40. The molecule has 3 nitrogen and oxygen atoms in total. The van der Waals surface area contributed by atoms with Gasteiger partial charge in [-0.2, -0.15) is 0 Å². The van der Waals surface area contributed by atoms with Crippen LogP contribution in [0.2, 0.25) is 0 Å². The second-order valence-corrected chi connectivity index (χ2v) is 4.37. The van der Waals surface area contributed by atoms with Gasteiger partial charge >= 0.3 is 0 Å². The molecule has 5 heteroatoms. The van der Waals surface area contributed by atoms with Crippen LogP contribution in [0.3, 0.4) is 0 Å². The van der Waals surface area contributed by atoms with Crippen molar-refractivity contribution in [1.82, 2.24) is 0 Å². The Bertz CT molecular complexity index is 603. The van der Waals surface area contributed by atoms with Crippen molar-refractivity contribution in [3.05, 3.63) is 40.5 Å². The van der Waals surface area contributed by atoms with Gasteiger partial charge in [-0.3, -0.25) is 9.00 Å². The predicted octanol–water partition coefficient (Wildman–Crippen LogP) is 1.67. The first-order valence-electron chi connectivity index (χ1n) is 4.14. The molecule has 0 saturated heterocycles. The Kier molecular flexibility index (Phi) is 2.40. The fourth-order valence-corrected chi connectivity index (χ4v) is 1.84. The maximum atomic E-state index is 12.8. The van der Waals surface area contributed by atoms with Crippen molar-refractivity contribution in [2.45, 2.75) is 4.90 Å². The van der Waals surface area contributed by atoms with Gasteiger partial charge in [-0.15, -0.1) is 0 Å². The van der Waals surface area contributed by atoms with Crippen LogP contribution >= 0.6 is 0 Å². The average Bonchev–Trinajstić information content (AvgIpc) is 2.17. The van der Waals surface area contributed by atoms with Crippen LogP contribution in [0.15, 0.2) is 38.6 Å². The highest BCUT2D eigenvalue weighted by Gasteiger charge is 2.09. The molecule has 0 radical (unpaired) electrons. The predicted molar refractivity (Wildman–Crippen MR) is 54.8 cm³/mol. The van der Waals surface area contributed by atoms with Gasteiger partial charge in [0, 0.05) is 12.3 Å². The lowest BCUT2D eigenvalue weighted by molar-refractivity contribution is 0.574. The smallest absolute Gasteiger partial charge is 0.208 e. The van der Waals surface area contributed by atoms with Gasteiger partial charge in [0.25, 0.3) is 0 Å². The number of benzene rings is 1. The number of hydrogen-bond donors (Lipinski definition) is 0. The van der Waals surface area contributed by atoms with E-state index in [0.717, 1.165) is 12.3 Å². The van der Waals surface area contributed by atoms with Crippen molar-refractivity contribution in [2.75, 3.05) is 6.26 Å². The molecule has 1 aromatic heterocycles. The maximum absolute atomic E-state index is 12.8. The highest BCUT2D eigenvalue weighted by atomic mass is 32.2. The monoisotopic (exact) mass is 226 g/mol. The lowest BCUT2D eigenvalue weighted by atomic mass is 10.2. The molecule has 0 saturated carbocycles. The van der Waals surface area contributed by atoms with Crippen LogP contribution < -0.4 is 5.43 Å². The molecule has 1 aromatic carbocycles. The molecule has 0 spiro atoms. The molecule has 78 valence electrons. The molecular weight excluding hydrogens is 219 g/mol. The van der Waals surface area contributed by atoms with Gasteiger partial charge in [0.05, 0.1) is 16.2 Å². The molecule has 0 aliphatic rings. The van der Waals surface area contributed by atoms with Gasteiger partial charge in [0.15, 0.2) is 0 Å². The normalized spacial score (nSPS) is 12.9. The Labute approximate surface area is 87.0 Å². The standard InChI is InChI=1S/C10H7FO3S/c1-15(13)9-5-14-8-4-6(11)2-3-7(8)10(9)12/h2-5H,1H3. The molecule has 0 aliphatic carbocycles. The van der Waals surface area contributed by atoms with Crippen LogP contribution in [0, 0.1) is 5.82 Å². The summed E-state index contributed by atoms with van der Waals surface area (Å²) >= 11 is 0. The number of hydrogen-bond acceptors (Lipinski definition) is 3. The Morgan fingerprint density at radius 3 is 2.80 bits per heavy atom. The molecule has 0 amide bonds. The molecule has 0 N–H and O–H groups in total. The first-order valence-corrected chi connectivity index (χ1v) is 5.70. The second-order valence-electron chi connectivity index (χ2n) is 3.02. The van der Waals surface area contributed by atoms with Crippen LogP contribution in [-0.2, 0) is 10.8 Å². The van der Waals surface area contributed by atoms with Gasteiger partial charge in [0.1, 0.15) is 22.6 Å². The van der Waals surface area contributed by atoms with E-state index in [4.69, 9.17) is 4.42 Å². The molecule has 2 rings (SSSR count). The van der Waals surface area contributed by atoms with E-state index in [9.17, 15) is 13.4 Å². The van der Waals surface area contributed by atoms with E-state index in [1.54, 1.807) is 0 Å². The van der Waals surface area contributed by atoms with Gasteiger partial charge in [0.2, 0.25) is 5.43 Å². The average molecular weight is 226 g/mol. The van der Waals surface area contributed by atoms with Gasteiger partial charge < -0.3 is 4.42 Å². The zero-order valence-electron chi connectivity index (χ0n) is 7.82. The molecule has 1 heterocycles. The first kappa shape index (κ1) is 10.0. The van der Waals surface area contributed by atoms with Crippen molar-refractivity contribution in [3.63, 3.8) is 0 Å². The molecule has 2 aromatic rings. The first-order chi connectivity index (χ1) is 7.09. The third-order valence-corrected chi connectivity index (χ3v) is 2.92. The third-order valence-electron chi connectivity index (χ3n) is 2.01. The third kappa shape index (κ3) is 1.70. The van der Waals surface area contributed by atoms with Gasteiger partial charge in [-0.05, 0) is 12.1 Å². The van der Waals surface area contributed by atoms with Crippen molar-refractivity contribution >= 4 is 21.8 Å². The fraction of sp³-hybridized carbons (Fsp3) is 0.100. The van der Waals surface area contributed by atoms with E-state index in [-0.39, 0.29) is 21.3 Å². The summed E-state index contributed by atoms with van der Waals surface area (Å²) in [4.78, 5) is 11.8. The zero-order chi connectivity index (χ0) is 11.0. The van der Waals surface area contributed by atoms with Crippen molar-refractivity contribution in [3.8, 4) is 0 Å². The Morgan fingerprint density at radius 1 is 1.40 bits per heavy atom. The van der Waals surface area contributed by atoms with E-state index >= 15 is 0 Å². The lowest BCUT2D eigenvalue weighted by Crippen LogP contribution is -2.09. The molecule has 1 unspecified atom stereocenters. The maximum Gasteiger partial charge on any atom is 0.208 e. The largest absolute Gasteiger partial charge is 0.463 e. The Morgan fingerprint density at radius 2 is 2.13 bits per heavy atom. The van der Waals surface area contributed by atoms with Crippen LogP contribution in [0.25, 0.3) is 11.0 Å². The summed E-state index contributed by atoms with van der Waals surface area (Å²) in [6.45, 7) is 0. The Hall–Kier alpha value is -1.49. The summed E-state index contributed by atoms with van der Waals surface area (Å²) in [5.74, 6) is -0.476. The van der Waals surface area contributed by atoms with Crippen LogP contribution in [-0.4, -0.2) is 10.5 Å². The van der Waals surface area contributed by atoms with Gasteiger partial charge in [-0.1, -0.05) is 0 Å². The fourth-order valence-electron chi connectivity index (χ4n) is 1.28. The lowest BCUT2D eigenvalue weighted by Gasteiger charge is -1.98. The van der Waals surface area contributed by atoms with Crippen molar-refractivity contribution < 1.29 is 13.0 Å². The summed E-state index contributed by atoms with van der Waals surface area (Å²) in [5, 5.41) is 0.240. The summed E-state index contributed by atoms with van der Waals surface area (Å²) in [6.07, 6.45) is 2.50. The minimum Gasteiger partial charge on any atom is -0.463 e. The van der Waals surface area contributed by atoms with Crippen LogP contribution in [0.4, 0.5) is 4.39 Å². The van der Waals surface area contributed by atoms with Crippen molar-refractivity contribution in [1.29, 1.82) is 0 Å². The summed E-state index contributed by atoms with van der Waals surface area (Å²) in [6, 6.07) is 3.62. The van der Waals surface area contributed by atoms with E-state index in [2.05, 4.69) is 0 Å². The number of halogens is 1. The SMILES string of the molecule is CS(=O)c1coc2cc(F)ccc2c1=O. The number of fused-ring (bicyclic) bond motifs is 1. The zero-order valence-corrected chi connectivity index (χ0v) is 8.64. The van der Waals surface area contributed by atoms with E-state index in [1.807, 2.05) is 0 Å². The molecule has 0 bridgehead atoms. The van der Waals surface area contributed by atoms with Crippen LogP contribution in [0.1, 0.15) is 0 Å². The van der Waals surface area contributed by atoms with E-state index in [1.165, 1.54) is 18.4 Å². The van der Waals surface area contributed by atoms with Crippen molar-refractivity contribution in [2.24, 2.45) is 0 Å². The highest BCUT2D eigenvalue weighted by Crippen LogP contribution is 2.13. The van der Waals surface area contributed by atoms with Gasteiger partial charge in [-0.25, -0.2) is 4.39 Å². The topological polar surface area (TPSA) is 47.3 Å². The van der Waals surface area contributed by atoms with Crippen LogP contribution in [0.5, 0.6) is 0 Å². The quantitative estimate of drug-likeness (QED) is 0.743. The van der Waals surface area contributed by atoms with E-state index < -0.39 is 16.6 Å². The Balaban J connectivity index is 2.86. The van der Waals surface area contributed by atoms with E-state index in [0.29, 0.717) is 0 Å². The highest BCUT2D eigenvalue weighted by molar-refractivity contribution is 7.84. The minimum atomic E-state index is -1.40. The second kappa shape index (κ2) is 3.58. The molecule has 0 fully saturated rings. The summed E-state index contributed by atoms with van der Waals surface area (Å²) in [5.41, 5.74) is -0.216. The molecular formula is C10H7FO3S. The molecule has 0 aliphatic heterocycles. The number of rotatable bonds is 1. The minimum absolute atomic E-state index is 0.0918. The molecule has 15 heavy (non-hydrogen) atoms. The molecule has 1 atom stereocenters. The summed E-state index contributed by atoms with van der Waals surface area (Å²) < 4.78 is 29.0.